The number of furan rings is 1. The van der Waals surface area contributed by atoms with Gasteiger partial charge in [-0.1, -0.05) is 27.7 Å². The van der Waals surface area contributed by atoms with Crippen LogP contribution in [0, 0.1) is 22.2 Å². The second kappa shape index (κ2) is 12.9. The summed E-state index contributed by atoms with van der Waals surface area (Å²) < 4.78 is 28.6. The number of amides is 1. The second-order valence-corrected chi connectivity index (χ2v) is 16.0. The van der Waals surface area contributed by atoms with Crippen molar-refractivity contribution in [3.05, 3.63) is 35.3 Å². The highest BCUT2D eigenvalue weighted by Crippen LogP contribution is 2.70. The molecule has 8 unspecified atom stereocenters. The number of carbonyl (C=O) groups excluding carboxylic acids is 3. The van der Waals surface area contributed by atoms with Gasteiger partial charge in [0.2, 0.25) is 0 Å². The van der Waals surface area contributed by atoms with E-state index in [2.05, 4.69) is 5.32 Å². The molecule has 13 nitrogen and oxygen atoms in total. The van der Waals surface area contributed by atoms with E-state index in [9.17, 15) is 34.8 Å². The van der Waals surface area contributed by atoms with E-state index in [0.717, 1.165) is 0 Å². The lowest BCUT2D eigenvalue weighted by Gasteiger charge is -2.72. The number of fused-ring (bicyclic) bond motifs is 5. The molecule has 0 spiro atoms. The molecule has 3 aliphatic carbocycles. The van der Waals surface area contributed by atoms with Crippen molar-refractivity contribution in [1.29, 1.82) is 0 Å². The number of hydrogen-bond acceptors (Lipinski definition) is 13. The van der Waals surface area contributed by atoms with Gasteiger partial charge in [0.1, 0.15) is 29.6 Å². The van der Waals surface area contributed by atoms with Crippen LogP contribution in [0.25, 0.3) is 0 Å². The summed E-state index contributed by atoms with van der Waals surface area (Å²) >= 11 is 1.43. The fraction of sp³-hybridized carbons (Fsp3) is 0.743. The number of ether oxygens (including phenoxy) is 4. The van der Waals surface area contributed by atoms with Crippen LogP contribution in [0.3, 0.4) is 0 Å². The lowest BCUT2D eigenvalue weighted by atomic mass is 9.36. The minimum atomic E-state index is -1.97. The van der Waals surface area contributed by atoms with Gasteiger partial charge in [-0.15, -0.1) is 11.8 Å². The average molecular weight is 710 g/mol. The Balaban J connectivity index is 1.58. The SMILES string of the molecule is CSCOC1CC2OC[C@@]2(O)C2(C)[C@H](C)C3(O)CC(OC(=O)C(O)C(NC(=O)OC(C)C)c4ccco4)C(C)=C(C(O)C(=O)[C@]12C)C3(C)C. The maximum Gasteiger partial charge on any atom is 0.408 e. The van der Waals surface area contributed by atoms with Gasteiger partial charge in [-0.25, -0.2) is 9.59 Å². The second-order valence-electron chi connectivity index (χ2n) is 15.2. The average Bonchev–Trinajstić information content (AvgIpc) is 3.57. The van der Waals surface area contributed by atoms with Crippen LogP contribution in [0.4, 0.5) is 4.79 Å². The predicted molar refractivity (Wildman–Crippen MR) is 177 cm³/mol. The fourth-order valence-corrected chi connectivity index (χ4v) is 9.63. The Morgan fingerprint density at radius 1 is 1.16 bits per heavy atom. The molecule has 2 heterocycles. The van der Waals surface area contributed by atoms with E-state index in [0.29, 0.717) is 5.57 Å². The summed E-state index contributed by atoms with van der Waals surface area (Å²) in [5.41, 5.74) is -6.92. The summed E-state index contributed by atoms with van der Waals surface area (Å²) in [5.74, 6) is -2.25. The van der Waals surface area contributed by atoms with Crippen molar-refractivity contribution in [3.63, 3.8) is 0 Å². The molecule has 5 N–H and O–H groups in total. The van der Waals surface area contributed by atoms with Crippen molar-refractivity contribution >= 4 is 29.6 Å². The number of aliphatic hydroxyl groups is 4. The molecule has 1 saturated heterocycles. The van der Waals surface area contributed by atoms with Crippen LogP contribution in [0.5, 0.6) is 0 Å². The zero-order valence-electron chi connectivity index (χ0n) is 29.6. The molecule has 5 rings (SSSR count). The van der Waals surface area contributed by atoms with Crippen LogP contribution in [0.2, 0.25) is 0 Å². The molecule has 0 radical (unpaired) electrons. The molecule has 14 heteroatoms. The molecule has 2 bridgehead atoms. The van der Waals surface area contributed by atoms with E-state index in [4.69, 9.17) is 23.4 Å². The molecule has 11 atom stereocenters. The summed E-state index contributed by atoms with van der Waals surface area (Å²) in [6, 6.07) is 1.61. The highest BCUT2D eigenvalue weighted by Gasteiger charge is 2.80. The molecule has 4 aliphatic rings. The largest absolute Gasteiger partial charge is 0.467 e. The van der Waals surface area contributed by atoms with Crippen molar-refractivity contribution in [1.82, 2.24) is 5.32 Å². The number of hydrogen-bond donors (Lipinski definition) is 5. The molecule has 2 saturated carbocycles. The molecule has 49 heavy (non-hydrogen) atoms. The topological polar surface area (TPSA) is 194 Å². The van der Waals surface area contributed by atoms with E-state index in [1.165, 1.54) is 30.2 Å². The number of esters is 1. The van der Waals surface area contributed by atoms with Crippen molar-refractivity contribution in [2.75, 3.05) is 18.8 Å². The maximum atomic E-state index is 14.9. The number of rotatable bonds is 9. The molecule has 274 valence electrons. The number of ketones is 1. The third-order valence-electron chi connectivity index (χ3n) is 12.5. The number of nitrogens with one attached hydrogen (secondary N) is 1. The van der Waals surface area contributed by atoms with E-state index in [1.807, 2.05) is 6.26 Å². The van der Waals surface area contributed by atoms with Gasteiger partial charge < -0.3 is 49.1 Å². The normalized spacial score (nSPS) is 39.5. The predicted octanol–water partition coefficient (Wildman–Crippen LogP) is 3.04. The first-order valence-corrected chi connectivity index (χ1v) is 18.1. The summed E-state index contributed by atoms with van der Waals surface area (Å²) in [7, 11) is 0. The van der Waals surface area contributed by atoms with Gasteiger partial charge in [-0.05, 0) is 63.1 Å². The quantitative estimate of drug-likeness (QED) is 0.143. The molecule has 1 aromatic rings. The van der Waals surface area contributed by atoms with Gasteiger partial charge in [-0.3, -0.25) is 4.79 Å². The van der Waals surface area contributed by atoms with Crippen molar-refractivity contribution in [2.24, 2.45) is 22.2 Å². The molecule has 0 aromatic carbocycles. The van der Waals surface area contributed by atoms with Crippen molar-refractivity contribution in [2.45, 2.75) is 122 Å². The van der Waals surface area contributed by atoms with Gasteiger partial charge in [-0.2, -0.15) is 0 Å². The summed E-state index contributed by atoms with van der Waals surface area (Å²) in [6.07, 6.45) is -4.50. The highest BCUT2D eigenvalue weighted by atomic mass is 32.2. The van der Waals surface area contributed by atoms with E-state index < -0.39 is 93.9 Å². The van der Waals surface area contributed by atoms with Crippen LogP contribution in [-0.4, -0.2) is 105 Å². The zero-order chi connectivity index (χ0) is 36.5. The number of alkyl carbamates (subject to hydrolysis) is 1. The van der Waals surface area contributed by atoms with Crippen LogP contribution >= 0.6 is 11.8 Å². The number of Topliss-reactive ketones (excluding diaryl/α,β-unsaturated/α-hetero) is 1. The molecular weight excluding hydrogens is 658 g/mol. The Bertz CT molecular complexity index is 1480. The molecule has 1 aromatic heterocycles. The fourth-order valence-electron chi connectivity index (χ4n) is 9.33. The Morgan fingerprint density at radius 3 is 2.39 bits per heavy atom. The van der Waals surface area contributed by atoms with Crippen LogP contribution < -0.4 is 5.32 Å². The Morgan fingerprint density at radius 2 is 1.84 bits per heavy atom. The summed E-state index contributed by atoms with van der Waals surface area (Å²) in [6.45, 7) is 13.6. The van der Waals surface area contributed by atoms with E-state index >= 15 is 0 Å². The minimum Gasteiger partial charge on any atom is -0.467 e. The van der Waals surface area contributed by atoms with Crippen molar-refractivity contribution < 1.29 is 58.2 Å². The number of thioether (sulfide) groups is 1. The summed E-state index contributed by atoms with van der Waals surface area (Å²) in [4.78, 5) is 41.0. The first-order valence-electron chi connectivity index (χ1n) is 16.7. The number of carbonyl (C=O) groups is 3. The number of aliphatic hydroxyl groups excluding tert-OH is 2. The molecular formula is C35H51NO12S. The van der Waals surface area contributed by atoms with Gasteiger partial charge in [0.05, 0.1) is 48.1 Å². The minimum absolute atomic E-state index is 0.0664. The summed E-state index contributed by atoms with van der Waals surface area (Å²) in [5, 5.41) is 51.2. The van der Waals surface area contributed by atoms with Crippen LogP contribution in [0.15, 0.2) is 34.0 Å². The van der Waals surface area contributed by atoms with Gasteiger partial charge in [0.15, 0.2) is 11.9 Å². The first kappa shape index (κ1) is 37.8. The third kappa shape index (κ3) is 5.39. The molecule has 3 fully saturated rings. The standard InChI is InChI=1S/C35H51NO12S/c1-17(2)47-30(41)36-25(20-11-10-12-44-20)27(38)29(40)48-21-14-34(42)19(4)33(8)32(7,28(39)26(37)24(18(21)3)31(34,5)6)22(46-16-49-9)13-23-35(33,43)15-45-23/h10-12,17,19,21-23,25-27,37-38,42-43H,13-16H2,1-9H3,(H,36,41)/t19-,21?,22?,23?,25?,26?,27?,32-,33?,34?,35-/m0/s1. The van der Waals surface area contributed by atoms with Gasteiger partial charge in [0, 0.05) is 23.7 Å². The van der Waals surface area contributed by atoms with E-state index in [1.54, 1.807) is 55.4 Å². The molecule has 1 aliphatic heterocycles. The van der Waals surface area contributed by atoms with Gasteiger partial charge >= 0.3 is 12.1 Å². The van der Waals surface area contributed by atoms with Crippen LogP contribution in [-0.2, 0) is 28.5 Å². The monoisotopic (exact) mass is 709 g/mol. The lowest BCUT2D eigenvalue weighted by Crippen LogP contribution is -2.83. The lowest BCUT2D eigenvalue weighted by molar-refractivity contribution is -0.373. The Hall–Kier alpha value is -2.46. The third-order valence-corrected chi connectivity index (χ3v) is 12.9. The first-order chi connectivity index (χ1) is 22.7. The maximum absolute atomic E-state index is 14.9. The highest BCUT2D eigenvalue weighted by molar-refractivity contribution is 7.98. The Labute approximate surface area is 291 Å². The zero-order valence-corrected chi connectivity index (χ0v) is 30.5. The Kier molecular flexibility index (Phi) is 9.98. The van der Waals surface area contributed by atoms with E-state index in [-0.39, 0.29) is 36.7 Å². The van der Waals surface area contributed by atoms with Crippen LogP contribution in [0.1, 0.15) is 80.0 Å². The smallest absolute Gasteiger partial charge is 0.408 e. The van der Waals surface area contributed by atoms with Gasteiger partial charge in [0.25, 0.3) is 0 Å². The van der Waals surface area contributed by atoms with Crippen molar-refractivity contribution in [3.8, 4) is 0 Å². The molecule has 1 amide bonds.